The van der Waals surface area contributed by atoms with Crippen molar-refractivity contribution in [2.45, 2.75) is 37.8 Å². The highest BCUT2D eigenvalue weighted by Gasteiger charge is 2.45. The van der Waals surface area contributed by atoms with E-state index in [0.29, 0.717) is 0 Å². The Bertz CT molecular complexity index is 1150. The summed E-state index contributed by atoms with van der Waals surface area (Å²) in [6.07, 6.45) is -3.22. The van der Waals surface area contributed by atoms with Crippen LogP contribution in [0.4, 0.5) is 10.2 Å². The zero-order valence-corrected chi connectivity index (χ0v) is 19.5. The first-order valence-electron chi connectivity index (χ1n) is 8.63. The van der Waals surface area contributed by atoms with E-state index >= 15 is 0 Å². The molecule has 0 aliphatic carbocycles. The Morgan fingerprint density at radius 2 is 2.00 bits per heavy atom. The van der Waals surface area contributed by atoms with Gasteiger partial charge in [0.05, 0.1) is 12.7 Å². The van der Waals surface area contributed by atoms with E-state index < -0.39 is 60.2 Å². The van der Waals surface area contributed by atoms with E-state index in [1.54, 1.807) is 0 Å². The molecule has 6 N–H and O–H groups in total. The Balaban J connectivity index is 2.20. The van der Waals surface area contributed by atoms with Gasteiger partial charge in [-0.2, -0.15) is 13.6 Å². The molecule has 0 bridgehead atoms. The number of ether oxygens (including phenoxy) is 2. The van der Waals surface area contributed by atoms with Crippen molar-refractivity contribution in [3.05, 3.63) is 33.2 Å². The minimum Gasteiger partial charge on any atom is -0.383 e. The van der Waals surface area contributed by atoms with Crippen LogP contribution in [0, 0.1) is 0 Å². The van der Waals surface area contributed by atoms with Crippen molar-refractivity contribution < 1.29 is 60.3 Å². The summed E-state index contributed by atoms with van der Waals surface area (Å²) in [5, 5.41) is 2.78. The number of nitrogens with zero attached hydrogens (tertiary/aromatic N) is 5. The minimum absolute atomic E-state index is 0.115. The number of halogens is 1. The number of azide groups is 1. The van der Waals surface area contributed by atoms with Gasteiger partial charge in [0.2, 0.25) is 0 Å². The number of aromatic nitrogens is 2. The van der Waals surface area contributed by atoms with Gasteiger partial charge in [0.25, 0.3) is 5.98 Å². The Kier molecular flexibility index (Phi) is 8.78. The number of nitrogens with two attached hydrogens (primary N) is 1. The molecular formula is C11H18FN6O13P3. The highest BCUT2D eigenvalue weighted by Crippen LogP contribution is 2.66. The molecule has 1 aromatic heterocycles. The van der Waals surface area contributed by atoms with Gasteiger partial charge in [0.15, 0.2) is 0 Å². The van der Waals surface area contributed by atoms with Crippen molar-refractivity contribution in [2.24, 2.45) is 5.11 Å². The summed E-state index contributed by atoms with van der Waals surface area (Å²) in [7, 11) is -16.9. The number of rotatable bonds is 11. The quantitative estimate of drug-likeness (QED) is 0.0830. The van der Waals surface area contributed by atoms with Gasteiger partial charge in [-0.25, -0.2) is 22.9 Å². The second-order valence-corrected chi connectivity index (χ2v) is 10.9. The summed E-state index contributed by atoms with van der Waals surface area (Å²) in [4.78, 5) is 53.6. The normalized spacial score (nSPS) is 26.1. The molecule has 19 nitrogen and oxygen atoms in total. The molecule has 0 spiro atoms. The average molecular weight is 554 g/mol. The number of nitrogen functional groups attached to an aromatic ring is 1. The zero-order chi connectivity index (χ0) is 25.9. The number of hydrogen-bond donors (Lipinski definition) is 5. The Morgan fingerprint density at radius 1 is 1.35 bits per heavy atom. The van der Waals surface area contributed by atoms with Crippen LogP contribution in [0.1, 0.15) is 19.6 Å². The first-order valence-corrected chi connectivity index (χ1v) is 13.2. The monoisotopic (exact) mass is 554 g/mol. The summed E-state index contributed by atoms with van der Waals surface area (Å²) in [5.74, 6) is -3.05. The molecular weight excluding hydrogens is 536 g/mol. The van der Waals surface area contributed by atoms with Crippen LogP contribution in [0.5, 0.6) is 0 Å². The molecule has 1 saturated heterocycles. The fraction of sp³-hybridized carbons (Fsp3) is 0.636. The van der Waals surface area contributed by atoms with Gasteiger partial charge in [-0.1, -0.05) is 0 Å². The lowest BCUT2D eigenvalue weighted by molar-refractivity contribution is -0.178. The molecule has 2 heterocycles. The average Bonchev–Trinajstić information content (AvgIpc) is 2.98. The van der Waals surface area contributed by atoms with Crippen molar-refractivity contribution in [1.82, 2.24) is 9.55 Å². The molecule has 0 aromatic carbocycles. The van der Waals surface area contributed by atoms with Gasteiger partial charge < -0.3 is 34.8 Å². The van der Waals surface area contributed by atoms with E-state index in [-0.39, 0.29) is 12.2 Å². The Morgan fingerprint density at radius 3 is 2.56 bits per heavy atom. The van der Waals surface area contributed by atoms with Crippen LogP contribution in [0.15, 0.2) is 22.2 Å². The molecule has 192 valence electrons. The van der Waals surface area contributed by atoms with E-state index in [9.17, 15) is 32.7 Å². The molecule has 0 amide bonds. The standard InChI is InChI=1S/C11H18FN6O13P3/c1-11(12,16-17-14)29-6-4-9(18-3-2-8(13)15-10(18)19)28-7(6)5-27-33(23,24)31-34(25,26)30-32(20,21)22/h2-3,6-7,9H,4-5H2,1H3,(H,23,24)(H,25,26)(H2,13,15,19)(H2,20,21,22)/t6-,7-,9-,11-/m1/s1. The second-order valence-electron chi connectivity index (χ2n) is 6.51. The van der Waals surface area contributed by atoms with E-state index in [2.05, 4.69) is 28.2 Å². The van der Waals surface area contributed by atoms with Gasteiger partial charge in [0.1, 0.15) is 18.1 Å². The second kappa shape index (κ2) is 10.5. The maximum atomic E-state index is 14.3. The van der Waals surface area contributed by atoms with Crippen LogP contribution in [-0.2, 0) is 36.3 Å². The lowest BCUT2D eigenvalue weighted by Crippen LogP contribution is -2.35. The van der Waals surface area contributed by atoms with Gasteiger partial charge >= 0.3 is 29.2 Å². The molecule has 1 fully saturated rings. The molecule has 1 aromatic rings. The van der Waals surface area contributed by atoms with Crippen molar-refractivity contribution in [3.8, 4) is 0 Å². The minimum atomic E-state index is -5.78. The number of hydrogen-bond acceptors (Lipinski definition) is 12. The summed E-state index contributed by atoms with van der Waals surface area (Å²) in [5.41, 5.74) is 13.0. The SMILES string of the molecule is C[C@@](F)(N=[N+]=[N-])O[C@@H]1C[C@H](n2ccc(N)nc2=O)O[C@@H]1COP(=O)(O)OP(=O)(O)OP(=O)(O)O. The number of phosphoric acid groups is 3. The first kappa shape index (κ1) is 28.5. The smallest absolute Gasteiger partial charge is 0.383 e. The highest BCUT2D eigenvalue weighted by molar-refractivity contribution is 7.66. The molecule has 34 heavy (non-hydrogen) atoms. The van der Waals surface area contributed by atoms with Gasteiger partial charge in [-0.15, -0.1) is 0 Å². The lowest BCUT2D eigenvalue weighted by atomic mass is 10.2. The van der Waals surface area contributed by atoms with Crippen LogP contribution >= 0.6 is 23.5 Å². The number of anilines is 1. The summed E-state index contributed by atoms with van der Waals surface area (Å²) in [6.45, 7) is -0.287. The number of phosphoric ester groups is 1. The number of alkyl halides is 1. The van der Waals surface area contributed by atoms with Crippen LogP contribution < -0.4 is 11.4 Å². The van der Waals surface area contributed by atoms with Crippen LogP contribution in [0.25, 0.3) is 10.4 Å². The highest BCUT2D eigenvalue weighted by atomic mass is 31.3. The van der Waals surface area contributed by atoms with Crippen molar-refractivity contribution >= 4 is 29.3 Å². The predicted molar refractivity (Wildman–Crippen MR) is 105 cm³/mol. The van der Waals surface area contributed by atoms with Crippen molar-refractivity contribution in [2.75, 3.05) is 12.3 Å². The Hall–Kier alpha value is -1.75. The first-order chi connectivity index (χ1) is 15.4. The third-order valence-electron chi connectivity index (χ3n) is 3.75. The third-order valence-corrected chi connectivity index (χ3v) is 7.55. The maximum Gasteiger partial charge on any atom is 0.490 e. The molecule has 1 aliphatic heterocycles. The van der Waals surface area contributed by atoms with Crippen molar-refractivity contribution in [3.63, 3.8) is 0 Å². The molecule has 0 saturated carbocycles. The maximum absolute atomic E-state index is 14.3. The fourth-order valence-corrected chi connectivity index (χ4v) is 5.67. The van der Waals surface area contributed by atoms with E-state index in [0.717, 1.165) is 11.5 Å². The largest absolute Gasteiger partial charge is 0.490 e. The van der Waals surface area contributed by atoms with E-state index in [4.69, 9.17) is 30.5 Å². The van der Waals surface area contributed by atoms with E-state index in [1.165, 1.54) is 12.3 Å². The van der Waals surface area contributed by atoms with Crippen LogP contribution in [0.2, 0.25) is 0 Å². The van der Waals surface area contributed by atoms with Gasteiger partial charge in [0, 0.05) is 24.5 Å². The van der Waals surface area contributed by atoms with Gasteiger partial charge in [-0.3, -0.25) is 9.09 Å². The van der Waals surface area contributed by atoms with Crippen LogP contribution in [0.3, 0.4) is 0 Å². The lowest BCUT2D eigenvalue weighted by Gasteiger charge is -2.24. The third kappa shape index (κ3) is 8.79. The van der Waals surface area contributed by atoms with E-state index in [1.807, 2.05) is 0 Å². The van der Waals surface area contributed by atoms with Gasteiger partial charge in [-0.05, 0) is 16.7 Å². The van der Waals surface area contributed by atoms with Crippen molar-refractivity contribution in [1.29, 1.82) is 0 Å². The fourth-order valence-electron chi connectivity index (χ4n) is 2.64. The summed E-state index contributed by atoms with van der Waals surface area (Å²) >= 11 is 0. The molecule has 2 unspecified atom stereocenters. The molecule has 23 heteroatoms. The molecule has 1 aliphatic rings. The topological polar surface area (TPSA) is 288 Å². The summed E-state index contributed by atoms with van der Waals surface area (Å²) < 4.78 is 71.3. The zero-order valence-electron chi connectivity index (χ0n) is 16.8. The molecule has 2 rings (SSSR count). The molecule has 6 atom stereocenters. The summed E-state index contributed by atoms with van der Waals surface area (Å²) in [6, 6.07) is 1.24. The Labute approximate surface area is 188 Å². The molecule has 0 radical (unpaired) electrons. The predicted octanol–water partition coefficient (Wildman–Crippen LogP) is 0.795. The van der Waals surface area contributed by atoms with Crippen LogP contribution in [-0.4, -0.2) is 53.9 Å².